The van der Waals surface area contributed by atoms with Gasteiger partial charge in [-0.05, 0) is 55.0 Å². The number of carbonyl (C=O) groups is 4. The standard InChI is InChI=1S/C59H90F6O8/c1-5-9-13-17-21-25-29-33-42-70-53(66)48-41-40-47(46-50(48)55(68)72-44-35-31-27-23-19-15-11-7-3)57(58(60,61)62,59(63,64)65)51-39-37-38-49(54(67)71-43-34-30-26-22-18-14-10-6-2)52(51)56(69)73-45-36-32-28-24-20-16-12-8-4/h37-41,46H,5-36,42-45H2,1-4H3. The highest BCUT2D eigenvalue weighted by Gasteiger charge is 2.73. The first kappa shape index (κ1) is 65.0. The summed E-state index contributed by atoms with van der Waals surface area (Å²) in [5.41, 5.74) is -11.8. The number of rotatable bonds is 42. The molecule has 2 rings (SSSR count). The summed E-state index contributed by atoms with van der Waals surface area (Å²) in [5.74, 6) is -5.29. The van der Waals surface area contributed by atoms with Crippen LogP contribution in [0.4, 0.5) is 26.3 Å². The minimum Gasteiger partial charge on any atom is -0.462 e. The van der Waals surface area contributed by atoms with Crippen LogP contribution < -0.4 is 0 Å². The van der Waals surface area contributed by atoms with E-state index in [0.717, 1.165) is 173 Å². The van der Waals surface area contributed by atoms with Crippen LogP contribution in [-0.4, -0.2) is 62.7 Å². The van der Waals surface area contributed by atoms with Gasteiger partial charge in [-0.15, -0.1) is 0 Å². The molecule has 0 N–H and O–H groups in total. The van der Waals surface area contributed by atoms with Gasteiger partial charge in [0.25, 0.3) is 0 Å². The molecule has 0 heterocycles. The van der Waals surface area contributed by atoms with Gasteiger partial charge >= 0.3 is 36.2 Å². The molecule has 0 fully saturated rings. The van der Waals surface area contributed by atoms with Crippen LogP contribution in [0.5, 0.6) is 0 Å². The average Bonchev–Trinajstić information content (AvgIpc) is 3.35. The van der Waals surface area contributed by atoms with Crippen LogP contribution in [0.2, 0.25) is 0 Å². The van der Waals surface area contributed by atoms with Gasteiger partial charge in [-0.3, -0.25) is 0 Å². The van der Waals surface area contributed by atoms with Crippen molar-refractivity contribution in [3.8, 4) is 0 Å². The molecule has 0 amide bonds. The van der Waals surface area contributed by atoms with Crippen LogP contribution in [0.15, 0.2) is 36.4 Å². The van der Waals surface area contributed by atoms with Crippen LogP contribution in [0.3, 0.4) is 0 Å². The minimum absolute atomic E-state index is 0.0936. The van der Waals surface area contributed by atoms with Crippen molar-refractivity contribution in [1.29, 1.82) is 0 Å². The quantitative estimate of drug-likeness (QED) is 0.0280. The molecule has 0 aliphatic heterocycles. The van der Waals surface area contributed by atoms with Gasteiger partial charge in [0.15, 0.2) is 0 Å². The fourth-order valence-electron chi connectivity index (χ4n) is 9.24. The van der Waals surface area contributed by atoms with Crippen LogP contribution in [0.1, 0.15) is 286 Å². The lowest BCUT2D eigenvalue weighted by atomic mass is 9.70. The third kappa shape index (κ3) is 23.1. The van der Waals surface area contributed by atoms with Crippen LogP contribution >= 0.6 is 0 Å². The summed E-state index contributed by atoms with van der Waals surface area (Å²) >= 11 is 0. The minimum atomic E-state index is -6.27. The van der Waals surface area contributed by atoms with Gasteiger partial charge in [0, 0.05) is 0 Å². The largest absolute Gasteiger partial charge is 0.462 e. The van der Waals surface area contributed by atoms with Gasteiger partial charge in [-0.2, -0.15) is 26.3 Å². The molecule has 14 heteroatoms. The zero-order valence-corrected chi connectivity index (χ0v) is 45.0. The molecule has 0 saturated carbocycles. The lowest BCUT2D eigenvalue weighted by Crippen LogP contribution is -2.55. The van der Waals surface area contributed by atoms with Gasteiger partial charge in [0.2, 0.25) is 5.41 Å². The summed E-state index contributed by atoms with van der Waals surface area (Å²) < 4.78 is 118. The van der Waals surface area contributed by atoms with Crippen molar-refractivity contribution in [3.63, 3.8) is 0 Å². The zero-order valence-electron chi connectivity index (χ0n) is 45.0. The van der Waals surface area contributed by atoms with Crippen molar-refractivity contribution in [2.75, 3.05) is 26.4 Å². The Morgan fingerprint density at radius 1 is 0.356 bits per heavy atom. The second kappa shape index (κ2) is 37.6. The number of alkyl halides is 6. The first-order valence-electron chi connectivity index (χ1n) is 28.2. The summed E-state index contributed by atoms with van der Waals surface area (Å²) in [5, 5.41) is 0. The Kier molecular flexibility index (Phi) is 33.5. The number of carbonyl (C=O) groups excluding carboxylic acids is 4. The van der Waals surface area contributed by atoms with Crippen molar-refractivity contribution in [1.82, 2.24) is 0 Å². The highest BCUT2D eigenvalue weighted by Crippen LogP contribution is 2.57. The number of unbranched alkanes of at least 4 members (excludes halogenated alkanes) is 28. The van der Waals surface area contributed by atoms with E-state index >= 15 is 26.3 Å². The van der Waals surface area contributed by atoms with Crippen molar-refractivity contribution >= 4 is 23.9 Å². The third-order valence-corrected chi connectivity index (χ3v) is 13.6. The zero-order chi connectivity index (χ0) is 53.8. The van der Waals surface area contributed by atoms with Gasteiger partial charge in [-0.25, -0.2) is 19.2 Å². The van der Waals surface area contributed by atoms with E-state index in [9.17, 15) is 19.2 Å². The summed E-state index contributed by atoms with van der Waals surface area (Å²) in [6.45, 7) is 7.64. The maximum absolute atomic E-state index is 16.1. The first-order valence-corrected chi connectivity index (χ1v) is 28.2. The maximum atomic E-state index is 16.1. The molecule has 8 nitrogen and oxygen atoms in total. The first-order chi connectivity index (χ1) is 35.1. The molecule has 73 heavy (non-hydrogen) atoms. The fourth-order valence-corrected chi connectivity index (χ4v) is 9.24. The molecule has 0 atom stereocenters. The van der Waals surface area contributed by atoms with E-state index in [1.807, 2.05) is 0 Å². The van der Waals surface area contributed by atoms with E-state index in [1.165, 1.54) is 0 Å². The second-order valence-electron chi connectivity index (χ2n) is 19.7. The Bertz CT molecular complexity index is 1830. The Morgan fingerprint density at radius 2 is 0.658 bits per heavy atom. The Morgan fingerprint density at radius 3 is 1.00 bits per heavy atom. The highest BCUT2D eigenvalue weighted by molar-refractivity contribution is 6.05. The number of halogens is 6. The van der Waals surface area contributed by atoms with E-state index in [2.05, 4.69) is 27.7 Å². The maximum Gasteiger partial charge on any atom is 0.411 e. The van der Waals surface area contributed by atoms with E-state index in [-0.39, 0.29) is 32.8 Å². The molecule has 0 unspecified atom stereocenters. The van der Waals surface area contributed by atoms with Crippen LogP contribution in [-0.2, 0) is 24.4 Å². The molecule has 0 bridgehead atoms. The van der Waals surface area contributed by atoms with Gasteiger partial charge in [0.05, 0.1) is 48.7 Å². The Hall–Kier alpha value is -4.10. The number of ether oxygens (including phenoxy) is 4. The van der Waals surface area contributed by atoms with E-state index < -0.39 is 75.0 Å². The van der Waals surface area contributed by atoms with Crippen molar-refractivity contribution < 1.29 is 64.5 Å². The highest BCUT2D eigenvalue weighted by atomic mass is 19.4. The van der Waals surface area contributed by atoms with E-state index in [4.69, 9.17) is 18.9 Å². The monoisotopic (exact) mass is 1040 g/mol. The molecule has 416 valence electrons. The number of benzene rings is 2. The summed E-state index contributed by atoms with van der Waals surface area (Å²) in [7, 11) is 0. The molecular weight excluding hydrogens is 951 g/mol. The number of hydrogen-bond acceptors (Lipinski definition) is 8. The predicted octanol–water partition coefficient (Wildman–Crippen LogP) is 18.3. The Labute approximate surface area is 434 Å². The van der Waals surface area contributed by atoms with Crippen molar-refractivity contribution in [2.24, 2.45) is 0 Å². The number of hydrogen-bond donors (Lipinski definition) is 0. The molecule has 0 aromatic heterocycles. The topological polar surface area (TPSA) is 105 Å². The van der Waals surface area contributed by atoms with E-state index in [1.54, 1.807) is 0 Å². The van der Waals surface area contributed by atoms with E-state index in [0.29, 0.717) is 62.8 Å². The van der Waals surface area contributed by atoms with Crippen LogP contribution in [0.25, 0.3) is 0 Å². The van der Waals surface area contributed by atoms with Crippen molar-refractivity contribution in [3.05, 3.63) is 69.8 Å². The van der Waals surface area contributed by atoms with Gasteiger partial charge < -0.3 is 18.9 Å². The summed E-state index contributed by atoms with van der Waals surface area (Å²) in [6.07, 6.45) is 16.1. The predicted molar refractivity (Wildman–Crippen MR) is 277 cm³/mol. The van der Waals surface area contributed by atoms with Crippen LogP contribution in [0, 0.1) is 0 Å². The summed E-state index contributed by atoms with van der Waals surface area (Å²) in [6, 6.07) is 3.80. The molecule has 0 radical (unpaired) electrons. The SMILES string of the molecule is CCCCCCCCCCOC(=O)c1ccc(C(c2cccc(C(=O)OCCCCCCCCCC)c2C(=O)OCCCCCCCCCC)(C(F)(F)F)C(F)(F)F)cc1C(=O)OCCCCCCCCCC. The number of esters is 4. The van der Waals surface area contributed by atoms with Gasteiger partial charge in [-0.1, -0.05) is 226 Å². The summed E-state index contributed by atoms with van der Waals surface area (Å²) in [4.78, 5) is 55.5. The fraction of sp³-hybridized carbons (Fsp3) is 0.729. The second-order valence-corrected chi connectivity index (χ2v) is 19.7. The molecule has 0 aliphatic carbocycles. The molecule has 0 saturated heterocycles. The molecular formula is C59H90F6O8. The molecule has 2 aromatic carbocycles. The normalized spacial score (nSPS) is 12.0. The third-order valence-electron chi connectivity index (χ3n) is 13.6. The van der Waals surface area contributed by atoms with Crippen molar-refractivity contribution in [2.45, 2.75) is 251 Å². The Balaban J connectivity index is 2.68. The molecule has 0 aliphatic rings. The van der Waals surface area contributed by atoms with Gasteiger partial charge in [0.1, 0.15) is 0 Å². The molecule has 0 spiro atoms. The lowest BCUT2D eigenvalue weighted by molar-refractivity contribution is -0.288. The lowest BCUT2D eigenvalue weighted by Gasteiger charge is -2.39. The smallest absolute Gasteiger partial charge is 0.411 e. The average molecular weight is 1040 g/mol. The molecule has 2 aromatic rings.